The van der Waals surface area contributed by atoms with Crippen molar-refractivity contribution >= 4 is 40.8 Å². The fraction of sp³-hybridized carbons (Fsp3) is 0.143. The van der Waals surface area contributed by atoms with Gasteiger partial charge in [-0.15, -0.1) is 0 Å². The van der Waals surface area contributed by atoms with Crippen LogP contribution in [0.4, 0.5) is 13.2 Å². The molecule has 1 aromatic carbocycles. The van der Waals surface area contributed by atoms with Gasteiger partial charge in [-0.1, -0.05) is 40.9 Å². The van der Waals surface area contributed by atoms with E-state index < -0.39 is 24.3 Å². The second-order valence-electron chi connectivity index (χ2n) is 4.51. The Morgan fingerprint density at radius 2 is 1.65 bits per heavy atom. The van der Waals surface area contributed by atoms with Gasteiger partial charge in [-0.05, 0) is 18.2 Å². The minimum absolute atomic E-state index is 0.118. The third-order valence-electron chi connectivity index (χ3n) is 2.88. The standard InChI is InChI=1S/C14H7Cl3F3NO2/c15-8-4-10(17)9(16)3-7(8)6-1-2-12(14(18,19)20)21-11(6)5-13(22)23/h1-4H,5H2,(H,22,23). The first-order chi connectivity index (χ1) is 10.6. The number of alkyl halides is 3. The number of hydrogen-bond acceptors (Lipinski definition) is 2. The lowest BCUT2D eigenvalue weighted by Gasteiger charge is -2.13. The third kappa shape index (κ3) is 4.07. The van der Waals surface area contributed by atoms with Crippen LogP contribution in [0, 0.1) is 0 Å². The van der Waals surface area contributed by atoms with E-state index in [0.29, 0.717) is 0 Å². The summed E-state index contributed by atoms with van der Waals surface area (Å²) in [6.07, 6.45) is -5.39. The quantitative estimate of drug-likeness (QED) is 0.725. The van der Waals surface area contributed by atoms with E-state index in [1.807, 2.05) is 0 Å². The monoisotopic (exact) mass is 383 g/mol. The van der Waals surface area contributed by atoms with Crippen LogP contribution in [0.5, 0.6) is 0 Å². The normalized spacial score (nSPS) is 11.6. The highest BCUT2D eigenvalue weighted by Crippen LogP contribution is 2.38. The molecule has 3 nitrogen and oxygen atoms in total. The van der Waals surface area contributed by atoms with E-state index in [1.54, 1.807) is 0 Å². The van der Waals surface area contributed by atoms with Gasteiger partial charge in [0.1, 0.15) is 5.69 Å². The van der Waals surface area contributed by atoms with Crippen LogP contribution >= 0.6 is 34.8 Å². The third-order valence-corrected chi connectivity index (χ3v) is 3.92. The minimum atomic E-state index is -4.69. The Hall–Kier alpha value is -1.50. The molecule has 0 spiro atoms. The average Bonchev–Trinajstić information content (AvgIpc) is 2.41. The van der Waals surface area contributed by atoms with Crippen molar-refractivity contribution in [3.63, 3.8) is 0 Å². The second kappa shape index (κ2) is 6.55. The first-order valence-electron chi connectivity index (χ1n) is 6.03. The number of hydrogen-bond donors (Lipinski definition) is 1. The molecule has 1 aromatic heterocycles. The van der Waals surface area contributed by atoms with Crippen molar-refractivity contribution in [2.24, 2.45) is 0 Å². The molecule has 23 heavy (non-hydrogen) atoms. The molecule has 0 amide bonds. The van der Waals surface area contributed by atoms with Gasteiger partial charge in [0.25, 0.3) is 0 Å². The van der Waals surface area contributed by atoms with Crippen molar-refractivity contribution in [3.8, 4) is 11.1 Å². The molecule has 0 saturated heterocycles. The van der Waals surface area contributed by atoms with Crippen LogP contribution in [0.2, 0.25) is 15.1 Å². The van der Waals surface area contributed by atoms with E-state index >= 15 is 0 Å². The van der Waals surface area contributed by atoms with Crippen molar-refractivity contribution in [2.45, 2.75) is 12.6 Å². The summed E-state index contributed by atoms with van der Waals surface area (Å²) in [6.45, 7) is 0. The molecule has 0 bridgehead atoms. The maximum absolute atomic E-state index is 12.8. The van der Waals surface area contributed by atoms with Gasteiger partial charge in [-0.3, -0.25) is 4.79 Å². The lowest BCUT2D eigenvalue weighted by molar-refractivity contribution is -0.142. The molecule has 0 aliphatic heterocycles. The zero-order valence-electron chi connectivity index (χ0n) is 11.1. The number of halogens is 6. The predicted octanol–water partition coefficient (Wildman–Crippen LogP) is 5.35. The zero-order chi connectivity index (χ0) is 17.4. The predicted molar refractivity (Wildman–Crippen MR) is 81.0 cm³/mol. The smallest absolute Gasteiger partial charge is 0.433 e. The molecule has 0 unspecified atom stereocenters. The van der Waals surface area contributed by atoms with Crippen LogP contribution in [0.1, 0.15) is 11.4 Å². The van der Waals surface area contributed by atoms with E-state index in [9.17, 15) is 18.0 Å². The summed E-state index contributed by atoms with van der Waals surface area (Å²) in [7, 11) is 0. The molecule has 9 heteroatoms. The molecular weight excluding hydrogens is 378 g/mol. The summed E-state index contributed by atoms with van der Waals surface area (Å²) in [6, 6.07) is 4.53. The first kappa shape index (κ1) is 17.8. The lowest BCUT2D eigenvalue weighted by Crippen LogP contribution is -2.12. The SMILES string of the molecule is O=C(O)Cc1nc(C(F)(F)F)ccc1-c1cc(Cl)c(Cl)cc1Cl. The highest BCUT2D eigenvalue weighted by molar-refractivity contribution is 6.44. The lowest BCUT2D eigenvalue weighted by atomic mass is 10.0. The van der Waals surface area contributed by atoms with Gasteiger partial charge in [0.05, 0.1) is 27.2 Å². The molecular formula is C14H7Cl3F3NO2. The number of benzene rings is 1. The fourth-order valence-corrected chi connectivity index (χ4v) is 2.56. The van der Waals surface area contributed by atoms with Crippen molar-refractivity contribution in [1.29, 1.82) is 0 Å². The largest absolute Gasteiger partial charge is 0.481 e. The van der Waals surface area contributed by atoms with Gasteiger partial charge in [0.15, 0.2) is 0 Å². The number of rotatable bonds is 3. The molecule has 0 saturated carbocycles. The van der Waals surface area contributed by atoms with E-state index in [0.717, 1.165) is 12.1 Å². The topological polar surface area (TPSA) is 50.2 Å². The van der Waals surface area contributed by atoms with Crippen LogP contribution in [0.3, 0.4) is 0 Å². The number of aromatic nitrogens is 1. The number of aliphatic carboxylic acids is 1. The summed E-state index contributed by atoms with van der Waals surface area (Å²) in [4.78, 5) is 14.3. The molecule has 0 aliphatic carbocycles. The number of pyridine rings is 1. The van der Waals surface area contributed by atoms with Crippen molar-refractivity contribution in [2.75, 3.05) is 0 Å². The minimum Gasteiger partial charge on any atom is -0.481 e. The maximum Gasteiger partial charge on any atom is 0.433 e. The molecule has 122 valence electrons. The summed E-state index contributed by atoms with van der Waals surface area (Å²) < 4.78 is 38.3. The van der Waals surface area contributed by atoms with Gasteiger partial charge >= 0.3 is 12.1 Å². The van der Waals surface area contributed by atoms with Crippen LogP contribution in [-0.4, -0.2) is 16.1 Å². The first-order valence-corrected chi connectivity index (χ1v) is 7.17. The van der Waals surface area contributed by atoms with Crippen molar-refractivity contribution < 1.29 is 23.1 Å². The van der Waals surface area contributed by atoms with Crippen molar-refractivity contribution in [1.82, 2.24) is 4.98 Å². The van der Waals surface area contributed by atoms with E-state index in [1.165, 1.54) is 12.1 Å². The fourth-order valence-electron chi connectivity index (χ4n) is 1.91. The van der Waals surface area contributed by atoms with Crippen LogP contribution in [-0.2, 0) is 17.4 Å². The van der Waals surface area contributed by atoms with E-state index in [-0.39, 0.29) is 31.9 Å². The van der Waals surface area contributed by atoms with Crippen LogP contribution in [0.25, 0.3) is 11.1 Å². The molecule has 0 fully saturated rings. The van der Waals surface area contributed by atoms with Gasteiger partial charge in [0, 0.05) is 11.1 Å². The molecule has 2 aromatic rings. The maximum atomic E-state index is 12.8. The molecule has 1 heterocycles. The summed E-state index contributed by atoms with van der Waals surface area (Å²) in [5.41, 5.74) is -1.07. The molecule has 0 aliphatic rings. The Morgan fingerprint density at radius 1 is 1.04 bits per heavy atom. The highest BCUT2D eigenvalue weighted by atomic mass is 35.5. The highest BCUT2D eigenvalue weighted by Gasteiger charge is 2.33. The number of carboxylic acid groups (broad SMARTS) is 1. The van der Waals surface area contributed by atoms with Crippen LogP contribution in [0.15, 0.2) is 24.3 Å². The molecule has 2 rings (SSSR count). The Balaban J connectivity index is 2.66. The molecule has 1 N–H and O–H groups in total. The summed E-state index contributed by atoms with van der Waals surface area (Å²) in [5.74, 6) is -1.32. The Morgan fingerprint density at radius 3 is 2.22 bits per heavy atom. The average molecular weight is 385 g/mol. The van der Waals surface area contributed by atoms with E-state index in [2.05, 4.69) is 4.98 Å². The number of carbonyl (C=O) groups is 1. The Kier molecular flexibility index (Phi) is 5.08. The van der Waals surface area contributed by atoms with Gasteiger partial charge in [-0.2, -0.15) is 13.2 Å². The Labute approximate surface area is 143 Å². The van der Waals surface area contributed by atoms with Gasteiger partial charge < -0.3 is 5.11 Å². The summed E-state index contributed by atoms with van der Waals surface area (Å²) >= 11 is 17.7. The number of carboxylic acids is 1. The summed E-state index contributed by atoms with van der Waals surface area (Å²) in [5, 5.41) is 9.32. The van der Waals surface area contributed by atoms with Gasteiger partial charge in [0.2, 0.25) is 0 Å². The number of nitrogens with zero attached hydrogens (tertiary/aromatic N) is 1. The molecule has 0 atom stereocenters. The zero-order valence-corrected chi connectivity index (χ0v) is 13.4. The van der Waals surface area contributed by atoms with E-state index in [4.69, 9.17) is 39.9 Å². The van der Waals surface area contributed by atoms with Crippen LogP contribution < -0.4 is 0 Å². The van der Waals surface area contributed by atoms with Gasteiger partial charge in [-0.25, -0.2) is 4.98 Å². The van der Waals surface area contributed by atoms with Crippen molar-refractivity contribution in [3.05, 3.63) is 50.7 Å². The Bertz CT molecular complexity index is 779. The second-order valence-corrected chi connectivity index (χ2v) is 5.73. The molecule has 0 radical (unpaired) electrons.